The number of benzene rings is 1. The lowest BCUT2D eigenvalue weighted by Gasteiger charge is -2.13. The highest BCUT2D eigenvalue weighted by molar-refractivity contribution is 7.89. The lowest BCUT2D eigenvalue weighted by Crippen LogP contribution is -2.43. The molecule has 9 heteroatoms. The molecule has 0 radical (unpaired) electrons. The van der Waals surface area contributed by atoms with E-state index in [4.69, 9.17) is 16.3 Å². The van der Waals surface area contributed by atoms with Gasteiger partial charge in [0.05, 0.1) is 18.0 Å². The minimum Gasteiger partial charge on any atom is -0.480 e. The number of carboxylic acids is 1. The molecule has 0 saturated heterocycles. The number of hydrogen-bond acceptors (Lipinski definition) is 5. The number of carbonyl (C=O) groups is 2. The highest BCUT2D eigenvalue weighted by Crippen LogP contribution is 2.10. The van der Waals surface area contributed by atoms with Gasteiger partial charge in [0.1, 0.15) is 0 Å². The molecule has 3 N–H and O–H groups in total. The molecular weight excluding hydrogens is 324 g/mol. The molecule has 0 fully saturated rings. The zero-order valence-corrected chi connectivity index (χ0v) is 13.1. The number of aliphatic carboxylic acids is 1. The van der Waals surface area contributed by atoms with Gasteiger partial charge in [-0.1, -0.05) is 5.92 Å². The number of ether oxygens (including phenoxy) is 1. The molecule has 1 unspecified atom stereocenters. The Morgan fingerprint density at radius 2 is 1.96 bits per heavy atom. The normalized spacial score (nSPS) is 12.2. The molecule has 1 atom stereocenters. The van der Waals surface area contributed by atoms with E-state index in [2.05, 4.69) is 16.0 Å². The maximum Gasteiger partial charge on any atom is 0.328 e. The van der Waals surface area contributed by atoms with Crippen LogP contribution in [0, 0.1) is 12.3 Å². The molecule has 0 aliphatic carbocycles. The first-order valence-corrected chi connectivity index (χ1v) is 7.86. The van der Waals surface area contributed by atoms with E-state index >= 15 is 0 Å². The molecule has 1 aromatic rings. The van der Waals surface area contributed by atoms with Crippen molar-refractivity contribution in [2.45, 2.75) is 10.9 Å². The summed E-state index contributed by atoms with van der Waals surface area (Å²) in [4.78, 5) is 22.8. The topological polar surface area (TPSA) is 122 Å². The summed E-state index contributed by atoms with van der Waals surface area (Å²) in [5.41, 5.74) is 0.114. The summed E-state index contributed by atoms with van der Waals surface area (Å²) in [6, 6.07) is 3.78. The van der Waals surface area contributed by atoms with Gasteiger partial charge in [-0.25, -0.2) is 13.2 Å². The van der Waals surface area contributed by atoms with Crippen molar-refractivity contribution in [2.75, 3.05) is 20.3 Å². The highest BCUT2D eigenvalue weighted by Gasteiger charge is 2.21. The Kier molecular flexibility index (Phi) is 6.71. The van der Waals surface area contributed by atoms with E-state index in [-0.39, 0.29) is 23.6 Å². The van der Waals surface area contributed by atoms with E-state index in [1.165, 1.54) is 31.4 Å². The molecule has 1 amide bonds. The zero-order valence-electron chi connectivity index (χ0n) is 12.3. The number of sulfonamides is 1. The molecule has 0 aromatic heterocycles. The predicted octanol–water partition coefficient (Wildman–Crippen LogP) is -0.572. The van der Waals surface area contributed by atoms with Gasteiger partial charge in [0, 0.05) is 12.7 Å². The van der Waals surface area contributed by atoms with Crippen LogP contribution in [-0.2, 0) is 19.6 Å². The SMILES string of the molecule is C#CCNS(=O)(=O)c1ccc(C(=O)NC(COC)C(=O)O)cc1. The maximum absolute atomic E-state index is 11.9. The number of rotatable bonds is 8. The van der Waals surface area contributed by atoms with Crippen LogP contribution < -0.4 is 10.0 Å². The van der Waals surface area contributed by atoms with Gasteiger partial charge in [-0.3, -0.25) is 4.79 Å². The van der Waals surface area contributed by atoms with Crippen LogP contribution in [0.2, 0.25) is 0 Å². The van der Waals surface area contributed by atoms with Crippen molar-refractivity contribution in [3.05, 3.63) is 29.8 Å². The minimum atomic E-state index is -3.75. The van der Waals surface area contributed by atoms with Gasteiger partial charge in [0.15, 0.2) is 6.04 Å². The Balaban J connectivity index is 2.86. The summed E-state index contributed by atoms with van der Waals surface area (Å²) in [5.74, 6) is 0.250. The Labute approximate surface area is 133 Å². The average molecular weight is 340 g/mol. The summed E-state index contributed by atoms with van der Waals surface area (Å²) in [5, 5.41) is 11.2. The molecule has 0 heterocycles. The van der Waals surface area contributed by atoms with Crippen LogP contribution >= 0.6 is 0 Å². The molecular formula is C14H16N2O6S. The van der Waals surface area contributed by atoms with Crippen LogP contribution in [0.4, 0.5) is 0 Å². The second kappa shape index (κ2) is 8.28. The fourth-order valence-corrected chi connectivity index (χ4v) is 2.52. The molecule has 0 saturated carbocycles. The summed E-state index contributed by atoms with van der Waals surface area (Å²) >= 11 is 0. The maximum atomic E-state index is 11.9. The molecule has 1 aromatic carbocycles. The van der Waals surface area contributed by atoms with Crippen LogP contribution in [-0.4, -0.2) is 51.7 Å². The molecule has 0 spiro atoms. The first kappa shape index (κ1) is 18.6. The molecule has 8 nitrogen and oxygen atoms in total. The number of nitrogens with one attached hydrogen (secondary N) is 2. The fraction of sp³-hybridized carbons (Fsp3) is 0.286. The molecule has 23 heavy (non-hydrogen) atoms. The van der Waals surface area contributed by atoms with Crippen LogP contribution in [0.25, 0.3) is 0 Å². The Hall–Kier alpha value is -2.41. The third kappa shape index (κ3) is 5.37. The van der Waals surface area contributed by atoms with Gasteiger partial charge in [-0.05, 0) is 24.3 Å². The highest BCUT2D eigenvalue weighted by atomic mass is 32.2. The predicted molar refractivity (Wildman–Crippen MR) is 81.2 cm³/mol. The largest absolute Gasteiger partial charge is 0.480 e. The van der Waals surface area contributed by atoms with Crippen molar-refractivity contribution < 1.29 is 27.9 Å². The second-order valence-electron chi connectivity index (χ2n) is 4.37. The van der Waals surface area contributed by atoms with E-state index in [0.29, 0.717) is 0 Å². The van der Waals surface area contributed by atoms with Crippen molar-refractivity contribution in [3.8, 4) is 12.3 Å². The van der Waals surface area contributed by atoms with Crippen molar-refractivity contribution in [1.82, 2.24) is 10.0 Å². The van der Waals surface area contributed by atoms with E-state index in [0.717, 1.165) is 0 Å². The Morgan fingerprint density at radius 3 is 2.43 bits per heavy atom. The summed E-state index contributed by atoms with van der Waals surface area (Å²) in [7, 11) is -2.44. The van der Waals surface area contributed by atoms with Gasteiger partial charge in [0.2, 0.25) is 10.0 Å². The number of amides is 1. The van der Waals surface area contributed by atoms with Gasteiger partial charge >= 0.3 is 5.97 Å². The van der Waals surface area contributed by atoms with Crippen molar-refractivity contribution in [2.24, 2.45) is 0 Å². The van der Waals surface area contributed by atoms with Gasteiger partial charge in [-0.2, -0.15) is 4.72 Å². The third-order valence-electron chi connectivity index (χ3n) is 2.73. The standard InChI is InChI=1S/C14H16N2O6S/c1-3-8-15-23(20,21)11-6-4-10(5-7-11)13(17)16-12(9-22-2)14(18)19/h1,4-7,12,15H,8-9H2,2H3,(H,16,17)(H,18,19). The number of terminal acetylenes is 1. The van der Waals surface area contributed by atoms with Crippen molar-refractivity contribution >= 4 is 21.9 Å². The molecule has 0 bridgehead atoms. The summed E-state index contributed by atoms with van der Waals surface area (Å²) in [6.07, 6.45) is 4.98. The molecule has 124 valence electrons. The van der Waals surface area contributed by atoms with Gasteiger partial charge < -0.3 is 15.2 Å². The van der Waals surface area contributed by atoms with E-state index in [9.17, 15) is 18.0 Å². The molecule has 0 aliphatic rings. The first-order chi connectivity index (χ1) is 10.8. The van der Waals surface area contributed by atoms with E-state index < -0.39 is 27.9 Å². The zero-order chi connectivity index (χ0) is 17.5. The smallest absolute Gasteiger partial charge is 0.328 e. The van der Waals surface area contributed by atoms with Crippen LogP contribution in [0.5, 0.6) is 0 Å². The number of carboxylic acid groups (broad SMARTS) is 1. The lowest BCUT2D eigenvalue weighted by atomic mass is 10.2. The first-order valence-electron chi connectivity index (χ1n) is 6.37. The Bertz CT molecular complexity index is 706. The lowest BCUT2D eigenvalue weighted by molar-refractivity contribution is -0.140. The van der Waals surface area contributed by atoms with E-state index in [1.807, 2.05) is 0 Å². The Morgan fingerprint density at radius 1 is 1.35 bits per heavy atom. The van der Waals surface area contributed by atoms with Crippen molar-refractivity contribution in [1.29, 1.82) is 0 Å². The number of methoxy groups -OCH3 is 1. The van der Waals surface area contributed by atoms with Gasteiger partial charge in [-0.15, -0.1) is 6.42 Å². The van der Waals surface area contributed by atoms with Gasteiger partial charge in [0.25, 0.3) is 5.91 Å². The van der Waals surface area contributed by atoms with Crippen LogP contribution in [0.1, 0.15) is 10.4 Å². The average Bonchev–Trinajstić information content (AvgIpc) is 2.52. The van der Waals surface area contributed by atoms with E-state index in [1.54, 1.807) is 0 Å². The van der Waals surface area contributed by atoms with Crippen LogP contribution in [0.3, 0.4) is 0 Å². The monoisotopic (exact) mass is 340 g/mol. The minimum absolute atomic E-state index is 0.0593. The summed E-state index contributed by atoms with van der Waals surface area (Å²) in [6.45, 7) is -0.342. The third-order valence-corrected chi connectivity index (χ3v) is 4.14. The molecule has 0 aliphatic heterocycles. The summed E-state index contributed by atoms with van der Waals surface area (Å²) < 4.78 is 30.5. The second-order valence-corrected chi connectivity index (χ2v) is 6.14. The van der Waals surface area contributed by atoms with Crippen LogP contribution in [0.15, 0.2) is 29.2 Å². The molecule has 1 rings (SSSR count). The fourth-order valence-electron chi connectivity index (χ4n) is 1.59. The number of carbonyl (C=O) groups excluding carboxylic acids is 1. The quantitative estimate of drug-likeness (QED) is 0.545. The number of hydrogen-bond donors (Lipinski definition) is 3. The van der Waals surface area contributed by atoms with Crippen molar-refractivity contribution in [3.63, 3.8) is 0 Å².